The van der Waals surface area contributed by atoms with Gasteiger partial charge >= 0.3 is 0 Å². The smallest absolute Gasteiger partial charge is 0.123 e. The predicted octanol–water partition coefficient (Wildman–Crippen LogP) is 3.62. The van der Waals surface area contributed by atoms with Gasteiger partial charge in [0.25, 0.3) is 0 Å². The van der Waals surface area contributed by atoms with Crippen molar-refractivity contribution in [3.05, 3.63) is 64.1 Å². The van der Waals surface area contributed by atoms with Gasteiger partial charge in [-0.25, -0.2) is 0 Å². The first kappa shape index (κ1) is 16.0. The van der Waals surface area contributed by atoms with Crippen molar-refractivity contribution in [2.45, 2.75) is 12.6 Å². The van der Waals surface area contributed by atoms with Gasteiger partial charge in [0.15, 0.2) is 0 Å². The van der Waals surface area contributed by atoms with Crippen molar-refractivity contribution in [3.8, 4) is 5.75 Å². The molecule has 0 aliphatic rings. The number of hydrogen-bond acceptors (Lipinski definition) is 3. The molecule has 4 heteroatoms. The average molecular weight is 350 g/mol. The van der Waals surface area contributed by atoms with Crippen molar-refractivity contribution in [1.29, 1.82) is 0 Å². The third-order valence-electron chi connectivity index (χ3n) is 3.35. The molecule has 0 fully saturated rings. The van der Waals surface area contributed by atoms with Gasteiger partial charge in [-0.1, -0.05) is 46.3 Å². The van der Waals surface area contributed by atoms with Gasteiger partial charge in [0.2, 0.25) is 0 Å². The molecule has 0 spiro atoms. The standard InChI is InChI=1S/C17H20BrNO2/c1-19(12-16(20)13-6-4-3-5-7-13)11-14-10-15(18)8-9-17(14)21-2/h3-10,16,20H,11-12H2,1-2H3. The van der Waals surface area contributed by atoms with Gasteiger partial charge in [-0.15, -0.1) is 0 Å². The Labute approximate surface area is 134 Å². The van der Waals surface area contributed by atoms with Crippen LogP contribution < -0.4 is 4.74 Å². The lowest BCUT2D eigenvalue weighted by molar-refractivity contribution is 0.123. The molecule has 2 aromatic carbocycles. The molecule has 21 heavy (non-hydrogen) atoms. The van der Waals surface area contributed by atoms with Gasteiger partial charge in [0.05, 0.1) is 13.2 Å². The number of ether oxygens (including phenoxy) is 1. The third-order valence-corrected chi connectivity index (χ3v) is 3.84. The molecule has 1 N–H and O–H groups in total. The molecule has 3 nitrogen and oxygen atoms in total. The minimum atomic E-state index is -0.491. The SMILES string of the molecule is COc1ccc(Br)cc1CN(C)CC(O)c1ccccc1. The molecule has 0 aliphatic heterocycles. The van der Waals surface area contributed by atoms with Crippen LogP contribution in [0.1, 0.15) is 17.2 Å². The van der Waals surface area contributed by atoms with Crippen molar-refractivity contribution in [2.24, 2.45) is 0 Å². The van der Waals surface area contributed by atoms with Crippen LogP contribution in [0.2, 0.25) is 0 Å². The largest absolute Gasteiger partial charge is 0.496 e. The molecule has 1 atom stereocenters. The fourth-order valence-corrected chi connectivity index (χ4v) is 2.71. The van der Waals surface area contributed by atoms with E-state index in [0.29, 0.717) is 13.1 Å². The summed E-state index contributed by atoms with van der Waals surface area (Å²) in [6, 6.07) is 15.7. The number of aliphatic hydroxyl groups is 1. The molecule has 112 valence electrons. The molecule has 2 aromatic rings. The van der Waals surface area contributed by atoms with Gasteiger partial charge in [-0.3, -0.25) is 4.90 Å². The highest BCUT2D eigenvalue weighted by atomic mass is 79.9. The maximum absolute atomic E-state index is 10.3. The Hall–Kier alpha value is -1.36. The molecule has 2 rings (SSSR count). The van der Waals surface area contributed by atoms with Crippen LogP contribution in [0.3, 0.4) is 0 Å². The van der Waals surface area contributed by atoms with Crippen molar-refractivity contribution in [1.82, 2.24) is 4.90 Å². The van der Waals surface area contributed by atoms with E-state index in [9.17, 15) is 5.11 Å². The second kappa shape index (κ2) is 7.59. The third kappa shape index (κ3) is 4.56. The number of likely N-dealkylation sites (N-methyl/N-ethyl adjacent to an activating group) is 1. The molecule has 1 unspecified atom stereocenters. The van der Waals surface area contributed by atoms with E-state index >= 15 is 0 Å². The zero-order valence-electron chi connectivity index (χ0n) is 12.3. The van der Waals surface area contributed by atoms with Crippen molar-refractivity contribution in [3.63, 3.8) is 0 Å². The van der Waals surface area contributed by atoms with Crippen LogP contribution in [-0.2, 0) is 6.54 Å². The van der Waals surface area contributed by atoms with Gasteiger partial charge in [-0.05, 0) is 30.8 Å². The van der Waals surface area contributed by atoms with E-state index in [0.717, 1.165) is 21.3 Å². The number of nitrogens with zero attached hydrogens (tertiary/aromatic N) is 1. The van der Waals surface area contributed by atoms with Crippen LogP contribution in [-0.4, -0.2) is 30.7 Å². The van der Waals surface area contributed by atoms with Crippen LogP contribution in [0.5, 0.6) is 5.75 Å². The lowest BCUT2D eigenvalue weighted by atomic mass is 10.1. The van der Waals surface area contributed by atoms with E-state index in [2.05, 4.69) is 20.8 Å². The lowest BCUT2D eigenvalue weighted by Gasteiger charge is -2.22. The van der Waals surface area contributed by atoms with Crippen LogP contribution >= 0.6 is 15.9 Å². The highest BCUT2D eigenvalue weighted by molar-refractivity contribution is 9.10. The maximum Gasteiger partial charge on any atom is 0.123 e. The Morgan fingerprint density at radius 1 is 1.19 bits per heavy atom. The summed E-state index contributed by atoms with van der Waals surface area (Å²) >= 11 is 3.48. The summed E-state index contributed by atoms with van der Waals surface area (Å²) < 4.78 is 6.40. The topological polar surface area (TPSA) is 32.7 Å². The Morgan fingerprint density at radius 2 is 1.90 bits per heavy atom. The summed E-state index contributed by atoms with van der Waals surface area (Å²) in [5, 5.41) is 10.3. The fourth-order valence-electron chi connectivity index (χ4n) is 2.30. The van der Waals surface area contributed by atoms with E-state index in [-0.39, 0.29) is 0 Å². The average Bonchev–Trinajstić information content (AvgIpc) is 2.48. The van der Waals surface area contributed by atoms with E-state index in [1.54, 1.807) is 7.11 Å². The monoisotopic (exact) mass is 349 g/mol. The quantitative estimate of drug-likeness (QED) is 0.864. The number of benzene rings is 2. The van der Waals surface area contributed by atoms with Crippen LogP contribution in [0.25, 0.3) is 0 Å². The number of hydrogen-bond donors (Lipinski definition) is 1. The molecule has 0 radical (unpaired) electrons. The van der Waals surface area contributed by atoms with Gasteiger partial charge in [0, 0.05) is 23.1 Å². The predicted molar refractivity (Wildman–Crippen MR) is 88.4 cm³/mol. The van der Waals surface area contributed by atoms with Crippen molar-refractivity contribution in [2.75, 3.05) is 20.7 Å². The molecule has 0 aromatic heterocycles. The Balaban J connectivity index is 2.02. The van der Waals surface area contributed by atoms with Gasteiger partial charge < -0.3 is 9.84 Å². The minimum absolute atomic E-state index is 0.491. The molecular weight excluding hydrogens is 330 g/mol. The highest BCUT2D eigenvalue weighted by Gasteiger charge is 2.12. The Kier molecular flexibility index (Phi) is 5.79. The number of rotatable bonds is 6. The first-order valence-corrected chi connectivity index (χ1v) is 7.63. The van der Waals surface area contributed by atoms with E-state index in [1.807, 2.05) is 55.6 Å². The van der Waals surface area contributed by atoms with Crippen molar-refractivity contribution < 1.29 is 9.84 Å². The number of aliphatic hydroxyl groups excluding tert-OH is 1. The molecule has 0 bridgehead atoms. The van der Waals surface area contributed by atoms with Gasteiger partial charge in [-0.2, -0.15) is 0 Å². The first-order valence-electron chi connectivity index (χ1n) is 6.84. The van der Waals surface area contributed by atoms with Crippen LogP contribution in [0.15, 0.2) is 53.0 Å². The number of halogens is 1. The summed E-state index contributed by atoms with van der Waals surface area (Å²) in [6.07, 6.45) is -0.491. The van der Waals surface area contributed by atoms with Gasteiger partial charge in [0.1, 0.15) is 5.75 Å². The number of methoxy groups -OCH3 is 1. The lowest BCUT2D eigenvalue weighted by Crippen LogP contribution is -2.24. The Morgan fingerprint density at radius 3 is 2.57 bits per heavy atom. The van der Waals surface area contributed by atoms with E-state index in [1.165, 1.54) is 0 Å². The summed E-state index contributed by atoms with van der Waals surface area (Å²) in [5.41, 5.74) is 2.03. The fraction of sp³-hybridized carbons (Fsp3) is 0.294. The molecule has 0 saturated carbocycles. The first-order chi connectivity index (χ1) is 10.1. The van der Waals surface area contributed by atoms with Crippen LogP contribution in [0.4, 0.5) is 0 Å². The van der Waals surface area contributed by atoms with Crippen LogP contribution in [0, 0.1) is 0 Å². The zero-order chi connectivity index (χ0) is 15.2. The molecule has 0 amide bonds. The summed E-state index contributed by atoms with van der Waals surface area (Å²) in [4.78, 5) is 2.09. The van der Waals surface area contributed by atoms with Crippen molar-refractivity contribution >= 4 is 15.9 Å². The molecular formula is C17H20BrNO2. The summed E-state index contributed by atoms with van der Waals surface area (Å²) in [6.45, 7) is 1.28. The second-order valence-electron chi connectivity index (χ2n) is 5.08. The molecule has 0 aliphatic carbocycles. The zero-order valence-corrected chi connectivity index (χ0v) is 13.9. The maximum atomic E-state index is 10.3. The van der Waals surface area contributed by atoms with E-state index < -0.39 is 6.10 Å². The Bertz CT molecular complexity index is 574. The highest BCUT2D eigenvalue weighted by Crippen LogP contribution is 2.24. The summed E-state index contributed by atoms with van der Waals surface area (Å²) in [5.74, 6) is 0.860. The molecule has 0 saturated heterocycles. The molecule has 0 heterocycles. The second-order valence-corrected chi connectivity index (χ2v) is 6.00. The van der Waals surface area contributed by atoms with E-state index in [4.69, 9.17) is 4.74 Å². The normalized spacial score (nSPS) is 12.4. The summed E-state index contributed by atoms with van der Waals surface area (Å²) in [7, 11) is 3.66. The minimum Gasteiger partial charge on any atom is -0.496 e.